The van der Waals surface area contributed by atoms with Gasteiger partial charge in [0.15, 0.2) is 0 Å². The van der Waals surface area contributed by atoms with E-state index < -0.39 is 11.6 Å². The van der Waals surface area contributed by atoms with Gasteiger partial charge in [0.05, 0.1) is 17.4 Å². The fraction of sp³-hybridized carbons (Fsp3) is 0.308. The van der Waals surface area contributed by atoms with E-state index in [9.17, 15) is 8.78 Å². The maximum Gasteiger partial charge on any atom is 0.129 e. The summed E-state index contributed by atoms with van der Waals surface area (Å²) in [5.41, 5.74) is 8.13. The molecule has 1 unspecified atom stereocenters. The molecule has 18 heavy (non-hydrogen) atoms. The van der Waals surface area contributed by atoms with Gasteiger partial charge < -0.3 is 5.73 Å². The molecule has 0 saturated carbocycles. The highest BCUT2D eigenvalue weighted by molar-refractivity contribution is 5.22. The lowest BCUT2D eigenvalue weighted by Gasteiger charge is -2.12. The molecule has 1 aromatic carbocycles. The predicted molar refractivity (Wildman–Crippen MR) is 64.9 cm³/mol. The summed E-state index contributed by atoms with van der Waals surface area (Å²) in [5.74, 6) is -1.15. The van der Waals surface area contributed by atoms with Crippen LogP contribution in [0.5, 0.6) is 0 Å². The Kier molecular flexibility index (Phi) is 3.43. The van der Waals surface area contributed by atoms with Crippen LogP contribution in [-0.2, 0) is 13.5 Å². The second-order valence-corrected chi connectivity index (χ2v) is 4.38. The maximum atomic E-state index is 13.5. The smallest absolute Gasteiger partial charge is 0.129 e. The zero-order valence-electron chi connectivity index (χ0n) is 10.3. The van der Waals surface area contributed by atoms with Crippen molar-refractivity contribution in [2.45, 2.75) is 19.4 Å². The van der Waals surface area contributed by atoms with Gasteiger partial charge in [-0.15, -0.1) is 0 Å². The number of nitrogens with zero attached hydrogens (tertiary/aromatic N) is 2. The van der Waals surface area contributed by atoms with Gasteiger partial charge in [-0.25, -0.2) is 8.78 Å². The number of hydrogen-bond donors (Lipinski definition) is 1. The number of nitrogens with two attached hydrogens (primary N) is 1. The zero-order chi connectivity index (χ0) is 13.3. The van der Waals surface area contributed by atoms with Gasteiger partial charge in [-0.2, -0.15) is 5.10 Å². The van der Waals surface area contributed by atoms with E-state index in [1.54, 1.807) is 11.7 Å². The molecule has 0 aliphatic heterocycles. The molecule has 0 amide bonds. The van der Waals surface area contributed by atoms with Crippen molar-refractivity contribution in [3.63, 3.8) is 0 Å². The third-order valence-electron chi connectivity index (χ3n) is 2.87. The molecular formula is C13H15F2N3. The number of aromatic nitrogens is 2. The van der Waals surface area contributed by atoms with Gasteiger partial charge in [0.2, 0.25) is 0 Å². The Hall–Kier alpha value is -1.75. The van der Waals surface area contributed by atoms with Gasteiger partial charge in [-0.05, 0) is 31.0 Å². The van der Waals surface area contributed by atoms with Crippen LogP contribution in [0.15, 0.2) is 24.3 Å². The normalized spacial score (nSPS) is 12.7. The minimum absolute atomic E-state index is 0.311. The summed E-state index contributed by atoms with van der Waals surface area (Å²) < 4.78 is 28.0. The number of hydrogen-bond acceptors (Lipinski definition) is 2. The summed E-state index contributed by atoms with van der Waals surface area (Å²) in [7, 11) is 1.79. The number of rotatable bonds is 3. The van der Waals surface area contributed by atoms with Crippen molar-refractivity contribution < 1.29 is 8.78 Å². The molecule has 2 aromatic rings. The Morgan fingerprint density at radius 2 is 2.06 bits per heavy atom. The summed E-state index contributed by atoms with van der Waals surface area (Å²) in [6.07, 6.45) is 0.311. The van der Waals surface area contributed by atoms with Crippen LogP contribution < -0.4 is 5.73 Å². The van der Waals surface area contributed by atoms with Crippen LogP contribution in [0.2, 0.25) is 0 Å². The van der Waals surface area contributed by atoms with E-state index in [-0.39, 0.29) is 6.04 Å². The first-order valence-corrected chi connectivity index (χ1v) is 5.67. The van der Waals surface area contributed by atoms with Gasteiger partial charge >= 0.3 is 0 Å². The fourth-order valence-corrected chi connectivity index (χ4v) is 2.01. The summed E-state index contributed by atoms with van der Waals surface area (Å²) in [5, 5.41) is 4.19. The minimum atomic E-state index is -0.582. The number of aryl methyl sites for hydroxylation is 2. The third kappa shape index (κ3) is 2.56. The lowest BCUT2D eigenvalue weighted by molar-refractivity contribution is 0.553. The van der Waals surface area contributed by atoms with Gasteiger partial charge in [0, 0.05) is 13.1 Å². The molecule has 0 aliphatic carbocycles. The average Bonchev–Trinajstić information content (AvgIpc) is 2.62. The first-order chi connectivity index (χ1) is 8.47. The molecule has 0 fully saturated rings. The van der Waals surface area contributed by atoms with Gasteiger partial charge in [0.25, 0.3) is 0 Å². The molecule has 5 heteroatoms. The van der Waals surface area contributed by atoms with Crippen LogP contribution in [0.4, 0.5) is 8.78 Å². The highest BCUT2D eigenvalue weighted by Gasteiger charge is 2.14. The van der Waals surface area contributed by atoms with Crippen molar-refractivity contribution in [3.8, 4) is 0 Å². The Labute approximate surface area is 104 Å². The predicted octanol–water partition coefficient (Wildman–Crippen LogP) is 2.25. The Morgan fingerprint density at radius 3 is 2.61 bits per heavy atom. The summed E-state index contributed by atoms with van der Waals surface area (Å²) >= 11 is 0. The second-order valence-electron chi connectivity index (χ2n) is 4.38. The van der Waals surface area contributed by atoms with Crippen LogP contribution >= 0.6 is 0 Å². The van der Waals surface area contributed by atoms with Crippen LogP contribution in [0, 0.1) is 18.6 Å². The van der Waals surface area contributed by atoms with E-state index in [1.807, 2.05) is 13.0 Å². The van der Waals surface area contributed by atoms with E-state index in [2.05, 4.69) is 5.10 Å². The lowest BCUT2D eigenvalue weighted by Crippen LogP contribution is -2.17. The van der Waals surface area contributed by atoms with Crippen LogP contribution in [-0.4, -0.2) is 9.78 Å². The molecule has 0 aliphatic rings. The topological polar surface area (TPSA) is 43.8 Å². The highest BCUT2D eigenvalue weighted by atomic mass is 19.1. The van der Waals surface area contributed by atoms with E-state index in [1.165, 1.54) is 12.1 Å². The zero-order valence-corrected chi connectivity index (χ0v) is 10.3. The lowest BCUT2D eigenvalue weighted by atomic mass is 10.0. The fourth-order valence-electron chi connectivity index (χ4n) is 2.01. The maximum absolute atomic E-state index is 13.5. The van der Waals surface area contributed by atoms with Crippen molar-refractivity contribution in [1.82, 2.24) is 9.78 Å². The standard InChI is InChI=1S/C13H15F2N3/c1-8-5-13(18(2)17-8)12(16)6-9-3-4-10(14)7-11(9)15/h3-5,7,12H,6,16H2,1-2H3. The van der Waals surface area contributed by atoms with Gasteiger partial charge in [-0.3, -0.25) is 4.68 Å². The summed E-state index contributed by atoms with van der Waals surface area (Å²) in [6, 6.07) is 5.03. The molecule has 1 atom stereocenters. The minimum Gasteiger partial charge on any atom is -0.322 e. The molecule has 2 N–H and O–H groups in total. The van der Waals surface area contributed by atoms with Crippen molar-refractivity contribution in [1.29, 1.82) is 0 Å². The van der Waals surface area contributed by atoms with Crippen molar-refractivity contribution in [2.75, 3.05) is 0 Å². The van der Waals surface area contributed by atoms with Crippen molar-refractivity contribution in [2.24, 2.45) is 12.8 Å². The molecule has 0 saturated heterocycles. The highest BCUT2D eigenvalue weighted by Crippen LogP contribution is 2.19. The monoisotopic (exact) mass is 251 g/mol. The molecule has 0 bridgehead atoms. The van der Waals surface area contributed by atoms with E-state index in [0.717, 1.165) is 17.5 Å². The first kappa shape index (κ1) is 12.7. The third-order valence-corrected chi connectivity index (χ3v) is 2.87. The molecule has 96 valence electrons. The van der Waals surface area contributed by atoms with E-state index in [4.69, 9.17) is 5.73 Å². The first-order valence-electron chi connectivity index (χ1n) is 5.67. The molecule has 0 spiro atoms. The van der Waals surface area contributed by atoms with Gasteiger partial charge in [0.1, 0.15) is 11.6 Å². The number of benzene rings is 1. The molecule has 2 rings (SSSR count). The Balaban J connectivity index is 2.21. The molecule has 1 aromatic heterocycles. The van der Waals surface area contributed by atoms with Crippen molar-refractivity contribution >= 4 is 0 Å². The molecule has 3 nitrogen and oxygen atoms in total. The Bertz CT molecular complexity index is 563. The van der Waals surface area contributed by atoms with Crippen LogP contribution in [0.1, 0.15) is 23.0 Å². The van der Waals surface area contributed by atoms with Crippen molar-refractivity contribution in [3.05, 3.63) is 52.9 Å². The van der Waals surface area contributed by atoms with Gasteiger partial charge in [-0.1, -0.05) is 6.07 Å². The quantitative estimate of drug-likeness (QED) is 0.909. The molecular weight excluding hydrogens is 236 g/mol. The second kappa shape index (κ2) is 4.86. The Morgan fingerprint density at radius 1 is 1.33 bits per heavy atom. The average molecular weight is 251 g/mol. The SMILES string of the molecule is Cc1cc(C(N)Cc2ccc(F)cc2F)n(C)n1. The summed E-state index contributed by atoms with van der Waals surface area (Å²) in [4.78, 5) is 0. The largest absolute Gasteiger partial charge is 0.322 e. The molecule has 1 heterocycles. The van der Waals surface area contributed by atoms with Crippen LogP contribution in [0.25, 0.3) is 0 Å². The number of halogens is 2. The van der Waals surface area contributed by atoms with E-state index in [0.29, 0.717) is 12.0 Å². The molecule has 0 radical (unpaired) electrons. The van der Waals surface area contributed by atoms with E-state index >= 15 is 0 Å². The summed E-state index contributed by atoms with van der Waals surface area (Å²) in [6.45, 7) is 1.87. The van der Waals surface area contributed by atoms with Crippen LogP contribution in [0.3, 0.4) is 0 Å².